The number of aliphatic carboxylic acids is 1. The summed E-state index contributed by atoms with van der Waals surface area (Å²) >= 11 is 0. The molecule has 27 heavy (non-hydrogen) atoms. The molecule has 1 atom stereocenters. The smallest absolute Gasteiger partial charge is 0.328 e. The summed E-state index contributed by atoms with van der Waals surface area (Å²) in [7, 11) is 0. The topological polar surface area (TPSA) is 70.1 Å². The van der Waals surface area contributed by atoms with Gasteiger partial charge in [0.1, 0.15) is 5.72 Å². The fraction of sp³-hybridized carbons (Fsp3) is 0.619. The number of piperidine rings is 1. The quantitative estimate of drug-likeness (QED) is 0.878. The minimum atomic E-state index is -1.00. The Hall–Kier alpha value is -1.92. The minimum Gasteiger partial charge on any atom is -0.480 e. The van der Waals surface area contributed by atoms with Crippen LogP contribution in [0, 0.1) is 20.8 Å². The highest BCUT2D eigenvalue weighted by Crippen LogP contribution is 2.39. The second-order valence-corrected chi connectivity index (χ2v) is 7.90. The standard InChI is InChI=1S/C21H30N2O4/c1-5-8-22-9-6-21(7-10-22)23(17(13-27-21)20(25)26)19(24)18-15(3)11-14(2)12-16(18)4/h11-12,17H,5-10,13H2,1-4H3,(H,25,26). The van der Waals surface area contributed by atoms with Crippen molar-refractivity contribution in [2.75, 3.05) is 26.2 Å². The number of carboxylic acids is 1. The number of benzene rings is 1. The van der Waals surface area contributed by atoms with Gasteiger partial charge in [-0.05, 0) is 44.9 Å². The number of amides is 1. The van der Waals surface area contributed by atoms with Crippen LogP contribution in [-0.2, 0) is 9.53 Å². The van der Waals surface area contributed by atoms with Gasteiger partial charge >= 0.3 is 5.97 Å². The van der Waals surface area contributed by atoms with E-state index < -0.39 is 17.7 Å². The van der Waals surface area contributed by atoms with Gasteiger partial charge in [-0.15, -0.1) is 0 Å². The van der Waals surface area contributed by atoms with Gasteiger partial charge in [0.05, 0.1) is 6.61 Å². The molecule has 6 nitrogen and oxygen atoms in total. The van der Waals surface area contributed by atoms with E-state index in [9.17, 15) is 14.7 Å². The lowest BCUT2D eigenvalue weighted by molar-refractivity contribution is -0.143. The summed E-state index contributed by atoms with van der Waals surface area (Å²) in [4.78, 5) is 29.3. The molecular weight excluding hydrogens is 344 g/mol. The van der Waals surface area contributed by atoms with Gasteiger partial charge in [0.25, 0.3) is 5.91 Å². The normalized spacial score (nSPS) is 22.4. The van der Waals surface area contributed by atoms with E-state index in [0.29, 0.717) is 18.4 Å². The third-order valence-corrected chi connectivity index (χ3v) is 5.83. The molecule has 1 N–H and O–H groups in total. The van der Waals surface area contributed by atoms with Crippen LogP contribution in [0.1, 0.15) is 53.2 Å². The maximum absolute atomic E-state index is 13.6. The molecule has 2 saturated heterocycles. The molecular formula is C21H30N2O4. The molecule has 0 bridgehead atoms. The van der Waals surface area contributed by atoms with Crippen molar-refractivity contribution in [3.63, 3.8) is 0 Å². The first-order valence-electron chi connectivity index (χ1n) is 9.79. The monoisotopic (exact) mass is 374 g/mol. The molecule has 2 heterocycles. The molecule has 0 aromatic heterocycles. The van der Waals surface area contributed by atoms with Gasteiger partial charge in [0.2, 0.25) is 0 Å². The summed E-state index contributed by atoms with van der Waals surface area (Å²) < 4.78 is 6.04. The summed E-state index contributed by atoms with van der Waals surface area (Å²) in [6.45, 7) is 10.7. The number of rotatable bonds is 4. The molecule has 3 rings (SSSR count). The summed E-state index contributed by atoms with van der Waals surface area (Å²) in [5.74, 6) is -1.22. The zero-order chi connectivity index (χ0) is 19.8. The van der Waals surface area contributed by atoms with Crippen LogP contribution in [0.25, 0.3) is 0 Å². The van der Waals surface area contributed by atoms with E-state index in [1.54, 1.807) is 0 Å². The van der Waals surface area contributed by atoms with E-state index in [1.807, 2.05) is 32.9 Å². The van der Waals surface area contributed by atoms with Gasteiger partial charge in [0, 0.05) is 31.5 Å². The molecule has 0 saturated carbocycles. The Bertz CT molecular complexity index is 715. The molecule has 1 unspecified atom stereocenters. The van der Waals surface area contributed by atoms with Crippen molar-refractivity contribution in [3.8, 4) is 0 Å². The van der Waals surface area contributed by atoms with Crippen LogP contribution in [0.5, 0.6) is 0 Å². The van der Waals surface area contributed by atoms with Gasteiger partial charge in [0.15, 0.2) is 6.04 Å². The first-order chi connectivity index (χ1) is 12.8. The van der Waals surface area contributed by atoms with Gasteiger partial charge < -0.3 is 14.7 Å². The summed E-state index contributed by atoms with van der Waals surface area (Å²) in [5.41, 5.74) is 2.65. The summed E-state index contributed by atoms with van der Waals surface area (Å²) in [6, 6.07) is 3.02. The van der Waals surface area contributed by atoms with E-state index in [2.05, 4.69) is 11.8 Å². The second-order valence-electron chi connectivity index (χ2n) is 7.90. The highest BCUT2D eigenvalue weighted by Gasteiger charge is 2.54. The predicted molar refractivity (Wildman–Crippen MR) is 103 cm³/mol. The van der Waals surface area contributed by atoms with Gasteiger partial charge in [-0.3, -0.25) is 9.69 Å². The Labute approximate surface area is 161 Å². The van der Waals surface area contributed by atoms with Crippen molar-refractivity contribution in [2.24, 2.45) is 0 Å². The number of likely N-dealkylation sites (tertiary alicyclic amines) is 1. The van der Waals surface area contributed by atoms with Crippen LogP contribution in [0.2, 0.25) is 0 Å². The fourth-order valence-corrected chi connectivity index (χ4v) is 4.64. The van der Waals surface area contributed by atoms with Crippen LogP contribution in [0.3, 0.4) is 0 Å². The molecule has 2 fully saturated rings. The Morgan fingerprint density at radius 3 is 2.30 bits per heavy atom. The molecule has 0 radical (unpaired) electrons. The Morgan fingerprint density at radius 2 is 1.78 bits per heavy atom. The molecule has 0 aliphatic carbocycles. The molecule has 2 aliphatic rings. The highest BCUT2D eigenvalue weighted by atomic mass is 16.5. The Kier molecular flexibility index (Phi) is 5.58. The molecule has 6 heteroatoms. The minimum absolute atomic E-state index is 0.0544. The molecule has 1 aromatic carbocycles. The number of nitrogens with zero attached hydrogens (tertiary/aromatic N) is 2. The fourth-order valence-electron chi connectivity index (χ4n) is 4.64. The third kappa shape index (κ3) is 3.60. The average molecular weight is 374 g/mol. The number of carboxylic acid groups (broad SMARTS) is 1. The maximum Gasteiger partial charge on any atom is 0.328 e. The summed E-state index contributed by atoms with van der Waals surface area (Å²) in [5, 5.41) is 9.73. The van der Waals surface area contributed by atoms with Crippen molar-refractivity contribution >= 4 is 11.9 Å². The predicted octanol–water partition coefficient (Wildman–Crippen LogP) is 2.74. The first-order valence-corrected chi connectivity index (χ1v) is 9.79. The number of ether oxygens (including phenoxy) is 1. The van der Waals surface area contributed by atoms with Gasteiger partial charge in [-0.2, -0.15) is 0 Å². The SMILES string of the molecule is CCCN1CCC2(CC1)OCC(C(=O)O)N2C(=O)c1c(C)cc(C)cc1C. The zero-order valence-corrected chi connectivity index (χ0v) is 16.7. The third-order valence-electron chi connectivity index (χ3n) is 5.83. The van der Waals surface area contributed by atoms with E-state index in [0.717, 1.165) is 42.7 Å². The highest BCUT2D eigenvalue weighted by molar-refractivity contribution is 6.00. The van der Waals surface area contributed by atoms with Crippen LogP contribution >= 0.6 is 0 Å². The largest absolute Gasteiger partial charge is 0.480 e. The van der Waals surface area contributed by atoms with E-state index in [4.69, 9.17) is 4.74 Å². The number of carbonyl (C=O) groups excluding carboxylic acids is 1. The van der Waals surface area contributed by atoms with E-state index in [1.165, 1.54) is 4.90 Å². The van der Waals surface area contributed by atoms with Crippen LogP contribution in [0.15, 0.2) is 12.1 Å². The van der Waals surface area contributed by atoms with Crippen LogP contribution in [-0.4, -0.2) is 64.8 Å². The van der Waals surface area contributed by atoms with Crippen molar-refractivity contribution < 1.29 is 19.4 Å². The first kappa shape index (κ1) is 19.8. The number of hydrogen-bond acceptors (Lipinski definition) is 4. The number of aryl methyl sites for hydroxylation is 3. The number of hydrogen-bond donors (Lipinski definition) is 1. The van der Waals surface area contributed by atoms with Gasteiger partial charge in [-0.1, -0.05) is 24.6 Å². The molecule has 2 aliphatic heterocycles. The second kappa shape index (κ2) is 7.60. The zero-order valence-electron chi connectivity index (χ0n) is 16.7. The average Bonchev–Trinajstić information content (AvgIpc) is 2.95. The van der Waals surface area contributed by atoms with E-state index >= 15 is 0 Å². The van der Waals surface area contributed by atoms with Crippen LogP contribution < -0.4 is 0 Å². The Balaban J connectivity index is 1.96. The molecule has 1 aromatic rings. The maximum atomic E-state index is 13.6. The van der Waals surface area contributed by atoms with Crippen molar-refractivity contribution in [2.45, 2.75) is 58.7 Å². The lowest BCUT2D eigenvalue weighted by atomic mass is 9.93. The van der Waals surface area contributed by atoms with Crippen molar-refractivity contribution in [1.29, 1.82) is 0 Å². The van der Waals surface area contributed by atoms with Crippen LogP contribution in [0.4, 0.5) is 0 Å². The lowest BCUT2D eigenvalue weighted by Crippen LogP contribution is -2.58. The van der Waals surface area contributed by atoms with Crippen molar-refractivity contribution in [1.82, 2.24) is 9.80 Å². The van der Waals surface area contributed by atoms with Crippen molar-refractivity contribution in [3.05, 3.63) is 34.4 Å². The lowest BCUT2D eigenvalue weighted by Gasteiger charge is -2.44. The van der Waals surface area contributed by atoms with Gasteiger partial charge in [-0.25, -0.2) is 4.79 Å². The number of carbonyl (C=O) groups is 2. The Morgan fingerprint density at radius 1 is 1.19 bits per heavy atom. The molecule has 148 valence electrons. The molecule has 1 spiro atoms. The summed E-state index contributed by atoms with van der Waals surface area (Å²) in [6.07, 6.45) is 2.37. The molecule has 1 amide bonds. The van der Waals surface area contributed by atoms with E-state index in [-0.39, 0.29) is 12.5 Å².